The van der Waals surface area contributed by atoms with E-state index in [1.807, 2.05) is 41.0 Å². The highest BCUT2D eigenvalue weighted by Crippen LogP contribution is 2.26. The van der Waals surface area contributed by atoms with Crippen LogP contribution in [0.1, 0.15) is 35.0 Å². The molecule has 3 N–H and O–H groups in total. The minimum atomic E-state index is -0.831. The molecule has 1 amide bonds. The largest absolute Gasteiger partial charge is 0.481 e. The van der Waals surface area contributed by atoms with Gasteiger partial charge in [0, 0.05) is 17.5 Å². The molecule has 1 aromatic heterocycles. The number of aromatic nitrogens is 1. The number of primary amides is 1. The molecule has 0 spiro atoms. The Balaban J connectivity index is 2.16. The number of aryl methyl sites for hydroxylation is 2. The van der Waals surface area contributed by atoms with Crippen molar-refractivity contribution in [3.05, 3.63) is 65.4 Å². The van der Waals surface area contributed by atoms with Crippen LogP contribution in [0.5, 0.6) is 0 Å². The number of nitrogens with zero attached hydrogens (tertiary/aromatic N) is 1. The summed E-state index contributed by atoms with van der Waals surface area (Å²) in [5, 5.41) is 9.82. The van der Waals surface area contributed by atoms with E-state index >= 15 is 0 Å². The summed E-state index contributed by atoms with van der Waals surface area (Å²) in [6, 6.07) is 15.5. The van der Waals surface area contributed by atoms with Crippen LogP contribution in [0.25, 0.3) is 16.6 Å². The number of carbonyl (C=O) groups excluding carboxylic acids is 1. The second-order valence-corrected chi connectivity index (χ2v) is 6.04. The number of benzene rings is 2. The quantitative estimate of drug-likeness (QED) is 0.724. The molecule has 0 fully saturated rings. The fourth-order valence-electron chi connectivity index (χ4n) is 3.03. The zero-order chi connectivity index (χ0) is 18.0. The topological polar surface area (TPSA) is 85.3 Å². The molecule has 0 bridgehead atoms. The van der Waals surface area contributed by atoms with Crippen molar-refractivity contribution < 1.29 is 14.7 Å². The Morgan fingerprint density at radius 2 is 1.88 bits per heavy atom. The third-order valence-corrected chi connectivity index (χ3v) is 4.33. The zero-order valence-corrected chi connectivity index (χ0v) is 14.0. The lowest BCUT2D eigenvalue weighted by Gasteiger charge is -2.11. The first-order valence-electron chi connectivity index (χ1n) is 8.25. The normalized spacial score (nSPS) is 10.9. The number of rotatable bonds is 6. The number of carboxylic acid groups (broad SMARTS) is 1. The van der Waals surface area contributed by atoms with Gasteiger partial charge in [-0.05, 0) is 48.2 Å². The van der Waals surface area contributed by atoms with Crippen molar-refractivity contribution >= 4 is 22.8 Å². The Morgan fingerprint density at radius 1 is 1.08 bits per heavy atom. The van der Waals surface area contributed by atoms with E-state index in [2.05, 4.69) is 13.0 Å². The molecule has 5 heteroatoms. The lowest BCUT2D eigenvalue weighted by Crippen LogP contribution is -2.16. The molecule has 0 saturated heterocycles. The van der Waals surface area contributed by atoms with E-state index in [1.165, 1.54) is 5.56 Å². The van der Waals surface area contributed by atoms with Crippen LogP contribution in [0.2, 0.25) is 0 Å². The Bertz CT molecular complexity index is 957. The van der Waals surface area contributed by atoms with Crippen LogP contribution in [-0.4, -0.2) is 21.6 Å². The van der Waals surface area contributed by atoms with Gasteiger partial charge in [0.25, 0.3) is 5.91 Å². The average Bonchev–Trinajstić information content (AvgIpc) is 2.99. The Morgan fingerprint density at radius 3 is 2.56 bits per heavy atom. The van der Waals surface area contributed by atoms with Crippen molar-refractivity contribution in [2.24, 2.45) is 5.73 Å². The smallest absolute Gasteiger partial charge is 0.303 e. The van der Waals surface area contributed by atoms with Gasteiger partial charge >= 0.3 is 5.97 Å². The number of amides is 1. The highest BCUT2D eigenvalue weighted by molar-refractivity contribution is 5.99. The van der Waals surface area contributed by atoms with Gasteiger partial charge in [0.15, 0.2) is 0 Å². The second-order valence-electron chi connectivity index (χ2n) is 6.04. The molecule has 1 heterocycles. The van der Waals surface area contributed by atoms with Crippen LogP contribution in [-0.2, 0) is 17.6 Å². The summed E-state index contributed by atoms with van der Waals surface area (Å²) in [5.41, 5.74) is 9.80. The third kappa shape index (κ3) is 3.40. The predicted octanol–water partition coefficient (Wildman–Crippen LogP) is 3.31. The maximum Gasteiger partial charge on any atom is 0.303 e. The van der Waals surface area contributed by atoms with Crippen LogP contribution < -0.4 is 5.73 Å². The van der Waals surface area contributed by atoms with Crippen LogP contribution in [0, 0.1) is 0 Å². The van der Waals surface area contributed by atoms with E-state index in [4.69, 9.17) is 10.8 Å². The van der Waals surface area contributed by atoms with Crippen LogP contribution in [0.4, 0.5) is 0 Å². The minimum absolute atomic E-state index is 0.0680. The van der Waals surface area contributed by atoms with Gasteiger partial charge in [-0.25, -0.2) is 0 Å². The fraction of sp³-hybridized carbons (Fsp3) is 0.200. The molecular weight excluding hydrogens is 316 g/mol. The number of carboxylic acids is 1. The average molecular weight is 336 g/mol. The number of hydrogen-bond acceptors (Lipinski definition) is 2. The monoisotopic (exact) mass is 336 g/mol. The fourth-order valence-corrected chi connectivity index (χ4v) is 3.03. The van der Waals surface area contributed by atoms with E-state index in [9.17, 15) is 9.59 Å². The maximum absolute atomic E-state index is 11.9. The van der Waals surface area contributed by atoms with Gasteiger partial charge in [0.1, 0.15) is 5.69 Å². The molecule has 0 saturated carbocycles. The SMILES string of the molecule is CCc1ccc2cc(C(N)=O)n(-c3cccc(CCC(=O)O)c3)c2c1. The van der Waals surface area contributed by atoms with E-state index < -0.39 is 11.9 Å². The van der Waals surface area contributed by atoms with Crippen molar-refractivity contribution in [2.45, 2.75) is 26.2 Å². The van der Waals surface area contributed by atoms with Gasteiger partial charge in [-0.3, -0.25) is 9.59 Å². The molecule has 25 heavy (non-hydrogen) atoms. The van der Waals surface area contributed by atoms with Gasteiger partial charge in [0.2, 0.25) is 0 Å². The van der Waals surface area contributed by atoms with Crippen LogP contribution >= 0.6 is 0 Å². The Kier molecular flexibility index (Phi) is 4.57. The van der Waals surface area contributed by atoms with Crippen molar-refractivity contribution in [1.82, 2.24) is 4.57 Å². The van der Waals surface area contributed by atoms with Gasteiger partial charge in [-0.2, -0.15) is 0 Å². The molecule has 5 nitrogen and oxygen atoms in total. The molecular formula is C20H20N2O3. The summed E-state index contributed by atoms with van der Waals surface area (Å²) in [7, 11) is 0. The van der Waals surface area contributed by atoms with Gasteiger partial charge in [-0.15, -0.1) is 0 Å². The van der Waals surface area contributed by atoms with Crippen LogP contribution in [0.15, 0.2) is 48.5 Å². The number of aliphatic carboxylic acids is 1. The molecule has 2 aromatic carbocycles. The molecule has 0 unspecified atom stereocenters. The van der Waals surface area contributed by atoms with Gasteiger partial charge < -0.3 is 15.4 Å². The lowest BCUT2D eigenvalue weighted by atomic mass is 10.1. The van der Waals surface area contributed by atoms with E-state index in [1.54, 1.807) is 6.07 Å². The first-order chi connectivity index (χ1) is 12.0. The second kappa shape index (κ2) is 6.81. The van der Waals surface area contributed by atoms with Gasteiger partial charge in [0.05, 0.1) is 5.52 Å². The van der Waals surface area contributed by atoms with E-state index in [0.717, 1.165) is 28.6 Å². The molecule has 0 aliphatic carbocycles. The van der Waals surface area contributed by atoms with Crippen molar-refractivity contribution in [1.29, 1.82) is 0 Å². The highest BCUT2D eigenvalue weighted by atomic mass is 16.4. The first-order valence-corrected chi connectivity index (χ1v) is 8.25. The summed E-state index contributed by atoms with van der Waals surface area (Å²) in [6.45, 7) is 2.08. The number of carbonyl (C=O) groups is 2. The Labute approximate surface area is 145 Å². The summed E-state index contributed by atoms with van der Waals surface area (Å²) in [4.78, 5) is 22.8. The standard InChI is InChI=1S/C20H20N2O3/c1-2-13-6-8-15-12-18(20(21)25)22(17(15)11-13)16-5-3-4-14(10-16)7-9-19(23)24/h3-6,8,10-12H,2,7,9H2,1H3,(H2,21,25)(H,23,24). The van der Waals surface area contributed by atoms with E-state index in [-0.39, 0.29) is 6.42 Å². The number of fused-ring (bicyclic) bond motifs is 1. The number of hydrogen-bond donors (Lipinski definition) is 2. The van der Waals surface area contributed by atoms with Crippen molar-refractivity contribution in [3.8, 4) is 5.69 Å². The molecule has 0 atom stereocenters. The molecule has 3 rings (SSSR count). The van der Waals surface area contributed by atoms with Crippen LogP contribution in [0.3, 0.4) is 0 Å². The van der Waals surface area contributed by atoms with Gasteiger partial charge in [-0.1, -0.05) is 31.2 Å². The molecule has 0 radical (unpaired) electrons. The summed E-state index contributed by atoms with van der Waals surface area (Å²) in [6.07, 6.45) is 1.40. The summed E-state index contributed by atoms with van der Waals surface area (Å²) < 4.78 is 1.85. The number of nitrogens with two attached hydrogens (primary N) is 1. The molecule has 0 aliphatic rings. The first kappa shape index (κ1) is 16.8. The summed E-state index contributed by atoms with van der Waals surface area (Å²) >= 11 is 0. The highest BCUT2D eigenvalue weighted by Gasteiger charge is 2.15. The third-order valence-electron chi connectivity index (χ3n) is 4.33. The van der Waals surface area contributed by atoms with Crippen molar-refractivity contribution in [3.63, 3.8) is 0 Å². The minimum Gasteiger partial charge on any atom is -0.481 e. The molecule has 0 aliphatic heterocycles. The lowest BCUT2D eigenvalue weighted by molar-refractivity contribution is -0.136. The predicted molar refractivity (Wildman–Crippen MR) is 97.1 cm³/mol. The zero-order valence-electron chi connectivity index (χ0n) is 14.0. The maximum atomic E-state index is 11.9. The van der Waals surface area contributed by atoms with Crippen molar-refractivity contribution in [2.75, 3.05) is 0 Å². The van der Waals surface area contributed by atoms with E-state index in [0.29, 0.717) is 12.1 Å². The Hall–Kier alpha value is -3.08. The summed E-state index contributed by atoms with van der Waals surface area (Å²) in [5.74, 6) is -1.33. The molecule has 128 valence electrons. The molecule has 3 aromatic rings.